The monoisotopic (exact) mass is 477 g/mol. The minimum absolute atomic E-state index is 0.104. The maximum Gasteiger partial charge on any atom is 0.411 e. The molecule has 0 radical (unpaired) electrons. The molecule has 2 N–H and O–H groups in total. The first-order valence-electron chi connectivity index (χ1n) is 10.3. The summed E-state index contributed by atoms with van der Waals surface area (Å²) in [5.74, 6) is -0.665. The number of amides is 1. The third-order valence-corrected chi connectivity index (χ3v) is 5.49. The summed E-state index contributed by atoms with van der Waals surface area (Å²) in [4.78, 5) is 27.5. The number of halogens is 1. The van der Waals surface area contributed by atoms with Crippen molar-refractivity contribution < 1.29 is 24.0 Å². The molecular formula is C25H20ClN3O5. The van der Waals surface area contributed by atoms with Crippen molar-refractivity contribution in [3.05, 3.63) is 88.8 Å². The molecule has 0 saturated heterocycles. The second-order valence-corrected chi connectivity index (χ2v) is 7.83. The molecule has 0 aliphatic carbocycles. The summed E-state index contributed by atoms with van der Waals surface area (Å²) in [6.45, 7) is 1.87. The molecule has 2 aromatic heterocycles. The van der Waals surface area contributed by atoms with Crippen molar-refractivity contribution in [2.24, 2.45) is 0 Å². The van der Waals surface area contributed by atoms with E-state index in [1.807, 2.05) is 30.3 Å². The molecule has 0 spiro atoms. The zero-order chi connectivity index (χ0) is 24.1. The number of rotatable bonds is 7. The Morgan fingerprint density at radius 1 is 1.06 bits per heavy atom. The Kier molecular flexibility index (Phi) is 6.89. The molecule has 8 nitrogen and oxygen atoms in total. The molecule has 34 heavy (non-hydrogen) atoms. The van der Waals surface area contributed by atoms with E-state index in [4.69, 9.17) is 26.0 Å². The van der Waals surface area contributed by atoms with Gasteiger partial charge in [0.2, 0.25) is 0 Å². The zero-order valence-electron chi connectivity index (χ0n) is 18.1. The molecule has 0 fully saturated rings. The van der Waals surface area contributed by atoms with Gasteiger partial charge >= 0.3 is 12.1 Å². The molecule has 0 unspecified atom stereocenters. The van der Waals surface area contributed by atoms with Gasteiger partial charge in [0.15, 0.2) is 5.76 Å². The van der Waals surface area contributed by atoms with E-state index in [1.165, 1.54) is 6.20 Å². The predicted molar refractivity (Wildman–Crippen MR) is 127 cm³/mol. The fourth-order valence-corrected chi connectivity index (χ4v) is 3.57. The summed E-state index contributed by atoms with van der Waals surface area (Å²) in [5, 5.41) is 16.4. The van der Waals surface area contributed by atoms with Crippen LogP contribution in [-0.4, -0.2) is 33.9 Å². The molecule has 4 aromatic rings. The van der Waals surface area contributed by atoms with Crippen molar-refractivity contribution >= 4 is 29.4 Å². The topological polar surface area (TPSA) is 115 Å². The maximum atomic E-state index is 12.4. The first kappa shape index (κ1) is 23.0. The van der Waals surface area contributed by atoms with Crippen LogP contribution in [0, 0.1) is 6.92 Å². The molecule has 9 heteroatoms. The highest BCUT2D eigenvalue weighted by Gasteiger charge is 2.18. The molecular weight excluding hydrogens is 458 g/mol. The number of anilines is 1. The number of carbonyl (C=O) groups excluding carboxylic acids is 1. The summed E-state index contributed by atoms with van der Waals surface area (Å²) in [7, 11) is 0. The third-order valence-electron chi connectivity index (χ3n) is 5.12. The van der Waals surface area contributed by atoms with Gasteiger partial charge in [-0.1, -0.05) is 59.2 Å². The smallest absolute Gasteiger partial charge is 0.411 e. The quantitative estimate of drug-likeness (QED) is 0.343. The Hall–Kier alpha value is -4.17. The molecule has 0 atom stereocenters. The second kappa shape index (κ2) is 10.2. The number of aromatic nitrogens is 2. The first-order chi connectivity index (χ1) is 16.4. The molecule has 0 bridgehead atoms. The Labute approximate surface area is 200 Å². The lowest BCUT2D eigenvalue weighted by molar-refractivity contribution is 0.0696. The highest BCUT2D eigenvalue weighted by Crippen LogP contribution is 2.32. The summed E-state index contributed by atoms with van der Waals surface area (Å²) in [6, 6.07) is 16.1. The van der Waals surface area contributed by atoms with Crippen molar-refractivity contribution in [2.75, 3.05) is 11.9 Å². The highest BCUT2D eigenvalue weighted by molar-refractivity contribution is 6.31. The Bertz CT molecular complexity index is 1330. The lowest BCUT2D eigenvalue weighted by atomic mass is 10.0. The largest absolute Gasteiger partial charge is 0.478 e. The molecule has 2 aromatic carbocycles. The average Bonchev–Trinajstić information content (AvgIpc) is 3.20. The van der Waals surface area contributed by atoms with Crippen molar-refractivity contribution in [2.45, 2.75) is 13.3 Å². The number of nitrogens with zero attached hydrogens (tertiary/aromatic N) is 2. The van der Waals surface area contributed by atoms with Crippen LogP contribution in [0.5, 0.6) is 0 Å². The molecule has 0 aliphatic rings. The van der Waals surface area contributed by atoms with E-state index in [0.29, 0.717) is 39.7 Å². The van der Waals surface area contributed by atoms with Crippen molar-refractivity contribution in [1.29, 1.82) is 0 Å². The number of carboxylic acid groups (broad SMARTS) is 1. The van der Waals surface area contributed by atoms with Crippen LogP contribution in [0.1, 0.15) is 21.6 Å². The number of ether oxygens (including phenoxy) is 1. The van der Waals surface area contributed by atoms with E-state index in [-0.39, 0.29) is 12.2 Å². The van der Waals surface area contributed by atoms with Crippen LogP contribution in [0.15, 0.2) is 71.5 Å². The Balaban J connectivity index is 1.45. The lowest BCUT2D eigenvalue weighted by Gasteiger charge is -2.09. The normalized spacial score (nSPS) is 10.6. The predicted octanol–water partition coefficient (Wildman–Crippen LogP) is 5.85. The fourth-order valence-electron chi connectivity index (χ4n) is 3.34. The molecule has 4 rings (SSSR count). The number of hydrogen-bond donors (Lipinski definition) is 2. The number of carboxylic acids is 1. The van der Waals surface area contributed by atoms with Crippen LogP contribution in [0.2, 0.25) is 5.02 Å². The van der Waals surface area contributed by atoms with Gasteiger partial charge in [-0.25, -0.2) is 9.59 Å². The van der Waals surface area contributed by atoms with Crippen molar-refractivity contribution in [3.63, 3.8) is 0 Å². The van der Waals surface area contributed by atoms with Crippen LogP contribution < -0.4 is 5.32 Å². The van der Waals surface area contributed by atoms with Gasteiger partial charge in [0.1, 0.15) is 11.4 Å². The third kappa shape index (κ3) is 5.24. The minimum Gasteiger partial charge on any atom is -0.478 e. The van der Waals surface area contributed by atoms with Gasteiger partial charge in [0.05, 0.1) is 12.2 Å². The zero-order valence-corrected chi connectivity index (χ0v) is 18.9. The number of carbonyl (C=O) groups is 2. The first-order valence-corrected chi connectivity index (χ1v) is 10.7. The van der Waals surface area contributed by atoms with Crippen LogP contribution in [0.4, 0.5) is 10.5 Å². The van der Waals surface area contributed by atoms with Crippen LogP contribution in [0.25, 0.3) is 22.5 Å². The molecule has 0 saturated carbocycles. The Morgan fingerprint density at radius 3 is 2.53 bits per heavy atom. The number of aryl methyl sites for hydroxylation is 1. The number of nitrogens with one attached hydrogen (secondary N) is 1. The van der Waals surface area contributed by atoms with E-state index in [9.17, 15) is 9.59 Å². The summed E-state index contributed by atoms with van der Waals surface area (Å²) in [5.41, 5.74) is 4.03. The number of pyridine rings is 1. The van der Waals surface area contributed by atoms with Crippen LogP contribution in [0.3, 0.4) is 0 Å². The molecule has 1 amide bonds. The summed E-state index contributed by atoms with van der Waals surface area (Å²) >= 11 is 6.13. The van der Waals surface area contributed by atoms with Crippen molar-refractivity contribution in [1.82, 2.24) is 10.1 Å². The van der Waals surface area contributed by atoms with Crippen LogP contribution in [-0.2, 0) is 11.2 Å². The van der Waals surface area contributed by atoms with Gasteiger partial charge < -0.3 is 14.4 Å². The van der Waals surface area contributed by atoms with E-state index in [0.717, 1.165) is 11.1 Å². The van der Waals surface area contributed by atoms with Gasteiger partial charge in [-0.3, -0.25) is 10.3 Å². The summed E-state index contributed by atoms with van der Waals surface area (Å²) in [6.07, 6.45) is 2.74. The summed E-state index contributed by atoms with van der Waals surface area (Å²) < 4.78 is 10.7. The number of benzene rings is 2. The van der Waals surface area contributed by atoms with Crippen LogP contribution >= 0.6 is 11.6 Å². The minimum atomic E-state index is -1.04. The van der Waals surface area contributed by atoms with Crippen molar-refractivity contribution in [3.8, 4) is 22.5 Å². The van der Waals surface area contributed by atoms with E-state index >= 15 is 0 Å². The van der Waals surface area contributed by atoms with Gasteiger partial charge in [-0.15, -0.1) is 0 Å². The second-order valence-electron chi connectivity index (χ2n) is 7.42. The van der Waals surface area contributed by atoms with Gasteiger partial charge in [0, 0.05) is 35.0 Å². The number of hydrogen-bond acceptors (Lipinski definition) is 6. The fraction of sp³-hybridized carbons (Fsp3) is 0.120. The van der Waals surface area contributed by atoms with Gasteiger partial charge in [-0.05, 0) is 30.2 Å². The number of aromatic carboxylic acids is 1. The van der Waals surface area contributed by atoms with E-state index < -0.39 is 12.1 Å². The van der Waals surface area contributed by atoms with Gasteiger partial charge in [0.25, 0.3) is 0 Å². The Morgan fingerprint density at radius 2 is 1.79 bits per heavy atom. The maximum absolute atomic E-state index is 12.4. The standard InChI is InChI=1S/C25H20ClN3O5/c1-15-22(28-25(32)33-11-10-17-4-2-3-5-21(17)26)23(34-29-15)18-8-6-16(7-9-18)19-12-20(24(30)31)14-27-13-19/h2-9,12-14H,10-11H2,1H3,(H,28,32)(H,30,31). The molecule has 2 heterocycles. The SMILES string of the molecule is Cc1noc(-c2ccc(-c3cncc(C(=O)O)c3)cc2)c1NC(=O)OCCc1ccccc1Cl. The molecule has 172 valence electrons. The highest BCUT2D eigenvalue weighted by atomic mass is 35.5. The average molecular weight is 478 g/mol. The van der Waals surface area contributed by atoms with E-state index in [1.54, 1.807) is 37.4 Å². The van der Waals surface area contributed by atoms with Gasteiger partial charge in [-0.2, -0.15) is 0 Å². The lowest BCUT2D eigenvalue weighted by Crippen LogP contribution is -2.16. The van der Waals surface area contributed by atoms with E-state index in [2.05, 4.69) is 15.5 Å². The molecule has 0 aliphatic heterocycles.